The molecule has 1 aliphatic rings. The maximum atomic E-state index is 11.3. The van der Waals surface area contributed by atoms with E-state index in [-0.39, 0.29) is 17.3 Å². The molecule has 1 aromatic carbocycles. The first-order valence-electron chi connectivity index (χ1n) is 7.37. The third-order valence-electron chi connectivity index (χ3n) is 3.71. The number of aromatic carboxylic acids is 1. The third kappa shape index (κ3) is 3.11. The van der Waals surface area contributed by atoms with E-state index >= 15 is 0 Å². The average Bonchev–Trinajstić information content (AvgIpc) is 2.82. The molecule has 23 heavy (non-hydrogen) atoms. The second-order valence-electron chi connectivity index (χ2n) is 6.19. The number of benzene rings is 1. The van der Waals surface area contributed by atoms with Crippen LogP contribution < -0.4 is 9.47 Å². The fourth-order valence-corrected chi connectivity index (χ4v) is 2.64. The van der Waals surface area contributed by atoms with Gasteiger partial charge in [-0.25, -0.2) is 4.79 Å². The van der Waals surface area contributed by atoms with E-state index in [1.54, 1.807) is 30.7 Å². The number of hydrogen-bond donors (Lipinski definition) is 1. The van der Waals surface area contributed by atoms with Crippen molar-refractivity contribution in [2.75, 3.05) is 0 Å². The molecule has 0 saturated carbocycles. The maximum absolute atomic E-state index is 11.3. The van der Waals surface area contributed by atoms with Crippen LogP contribution in [0.1, 0.15) is 48.5 Å². The van der Waals surface area contributed by atoms with Gasteiger partial charge in [0.15, 0.2) is 0 Å². The molecule has 0 amide bonds. The smallest absolute Gasteiger partial charge is 0.335 e. The van der Waals surface area contributed by atoms with Crippen LogP contribution in [0, 0.1) is 0 Å². The Morgan fingerprint density at radius 2 is 2.17 bits per heavy atom. The molecule has 2 aromatic rings. The minimum atomic E-state index is -1.02. The zero-order valence-corrected chi connectivity index (χ0v) is 13.2. The lowest BCUT2D eigenvalue weighted by molar-refractivity contribution is 0.0694. The van der Waals surface area contributed by atoms with Crippen LogP contribution in [0.15, 0.2) is 30.7 Å². The second-order valence-corrected chi connectivity index (χ2v) is 6.19. The number of carboxylic acid groups (broad SMARTS) is 1. The lowest BCUT2D eigenvalue weighted by atomic mass is 9.99. The summed E-state index contributed by atoms with van der Waals surface area (Å²) in [4.78, 5) is 19.6. The van der Waals surface area contributed by atoms with Crippen LogP contribution in [0.3, 0.4) is 0 Å². The van der Waals surface area contributed by atoms with Crippen LogP contribution in [0.2, 0.25) is 0 Å². The Balaban J connectivity index is 1.97. The van der Waals surface area contributed by atoms with Gasteiger partial charge in [0.1, 0.15) is 23.2 Å². The van der Waals surface area contributed by atoms with Crippen molar-refractivity contribution >= 4 is 5.97 Å². The van der Waals surface area contributed by atoms with Crippen molar-refractivity contribution in [1.29, 1.82) is 0 Å². The normalized spacial score (nSPS) is 16.3. The van der Waals surface area contributed by atoms with E-state index in [1.165, 1.54) is 0 Å². The molecule has 6 nitrogen and oxygen atoms in total. The summed E-state index contributed by atoms with van der Waals surface area (Å²) in [5, 5.41) is 9.29. The van der Waals surface area contributed by atoms with Gasteiger partial charge >= 0.3 is 5.97 Å². The first kappa shape index (κ1) is 15.3. The van der Waals surface area contributed by atoms with Gasteiger partial charge < -0.3 is 14.6 Å². The Kier molecular flexibility index (Phi) is 3.67. The first-order chi connectivity index (χ1) is 10.9. The summed E-state index contributed by atoms with van der Waals surface area (Å²) in [6.45, 7) is 5.78. The van der Waals surface area contributed by atoms with Crippen molar-refractivity contribution in [3.05, 3.63) is 47.5 Å². The summed E-state index contributed by atoms with van der Waals surface area (Å²) in [5.74, 6) is 0.0676. The number of carboxylic acids is 1. The number of hydrogen-bond acceptors (Lipinski definition) is 5. The Bertz CT molecular complexity index is 744. The van der Waals surface area contributed by atoms with Gasteiger partial charge in [-0.05, 0) is 32.9 Å². The quantitative estimate of drug-likeness (QED) is 0.934. The average molecular weight is 314 g/mol. The van der Waals surface area contributed by atoms with Crippen molar-refractivity contribution in [2.24, 2.45) is 0 Å². The molecule has 120 valence electrons. The highest BCUT2D eigenvalue weighted by Gasteiger charge is 2.34. The fourth-order valence-electron chi connectivity index (χ4n) is 2.64. The van der Waals surface area contributed by atoms with Gasteiger partial charge in [-0.15, -0.1) is 0 Å². The van der Waals surface area contributed by atoms with Gasteiger partial charge in [0.2, 0.25) is 0 Å². The lowest BCUT2D eigenvalue weighted by Crippen LogP contribution is -2.24. The molecule has 1 unspecified atom stereocenters. The van der Waals surface area contributed by atoms with Crippen LogP contribution in [0.5, 0.6) is 11.5 Å². The molecule has 3 rings (SSSR count). The molecular weight excluding hydrogens is 296 g/mol. The van der Waals surface area contributed by atoms with Crippen LogP contribution in [0.25, 0.3) is 0 Å². The third-order valence-corrected chi connectivity index (χ3v) is 3.71. The van der Waals surface area contributed by atoms with Crippen molar-refractivity contribution < 1.29 is 19.4 Å². The Hall–Kier alpha value is -2.63. The summed E-state index contributed by atoms with van der Waals surface area (Å²) < 4.78 is 11.8. The van der Waals surface area contributed by atoms with Gasteiger partial charge in [0, 0.05) is 24.4 Å². The molecular formula is C17H18N2O4. The van der Waals surface area contributed by atoms with E-state index in [0.29, 0.717) is 23.6 Å². The van der Waals surface area contributed by atoms with Crippen molar-refractivity contribution in [3.8, 4) is 11.5 Å². The molecule has 1 aliphatic heterocycles. The summed E-state index contributed by atoms with van der Waals surface area (Å²) in [6, 6.07) is 3.09. The monoisotopic (exact) mass is 314 g/mol. The molecule has 0 fully saturated rings. The number of carbonyl (C=O) groups is 1. The van der Waals surface area contributed by atoms with Gasteiger partial charge in [-0.2, -0.15) is 0 Å². The van der Waals surface area contributed by atoms with Crippen molar-refractivity contribution in [1.82, 2.24) is 9.97 Å². The highest BCUT2D eigenvalue weighted by Crippen LogP contribution is 2.42. The maximum Gasteiger partial charge on any atom is 0.335 e. The number of fused-ring (bicyclic) bond motifs is 1. The number of nitrogens with zero attached hydrogens (tertiary/aromatic N) is 2. The van der Waals surface area contributed by atoms with Gasteiger partial charge in [-0.1, -0.05) is 0 Å². The molecule has 0 radical (unpaired) electrons. The van der Waals surface area contributed by atoms with Crippen LogP contribution in [-0.4, -0.2) is 26.6 Å². The van der Waals surface area contributed by atoms with Gasteiger partial charge in [0.25, 0.3) is 0 Å². The van der Waals surface area contributed by atoms with Gasteiger partial charge in [0.05, 0.1) is 17.5 Å². The SMILES string of the molecule is CC(Oc1cc(C(=O)O)cc2c1CC(C)(C)O2)c1cnccn1. The minimum absolute atomic E-state index is 0.141. The molecule has 1 aromatic heterocycles. The van der Waals surface area contributed by atoms with Crippen LogP contribution in [0.4, 0.5) is 0 Å². The zero-order valence-electron chi connectivity index (χ0n) is 13.2. The predicted molar refractivity (Wildman–Crippen MR) is 82.9 cm³/mol. The second kappa shape index (κ2) is 5.53. The summed E-state index contributed by atoms with van der Waals surface area (Å²) in [6.07, 6.45) is 5.13. The topological polar surface area (TPSA) is 81.5 Å². The van der Waals surface area contributed by atoms with Crippen LogP contribution >= 0.6 is 0 Å². The molecule has 0 spiro atoms. The summed E-state index contributed by atoms with van der Waals surface area (Å²) in [5.41, 5.74) is 1.33. The molecule has 0 bridgehead atoms. The Morgan fingerprint density at radius 1 is 1.39 bits per heavy atom. The largest absolute Gasteiger partial charge is 0.487 e. The molecule has 2 heterocycles. The summed E-state index contributed by atoms with van der Waals surface area (Å²) >= 11 is 0. The molecule has 0 aliphatic carbocycles. The van der Waals surface area contributed by atoms with Crippen molar-refractivity contribution in [2.45, 2.75) is 38.9 Å². The van der Waals surface area contributed by atoms with E-state index in [2.05, 4.69) is 9.97 Å². The van der Waals surface area contributed by atoms with Crippen molar-refractivity contribution in [3.63, 3.8) is 0 Å². The number of aromatic nitrogens is 2. The van der Waals surface area contributed by atoms with E-state index in [0.717, 1.165) is 5.56 Å². The summed E-state index contributed by atoms with van der Waals surface area (Å²) in [7, 11) is 0. The molecule has 0 saturated heterocycles. The van der Waals surface area contributed by atoms with Gasteiger partial charge in [-0.3, -0.25) is 9.97 Å². The number of ether oxygens (including phenoxy) is 2. The predicted octanol–water partition coefficient (Wildman–Crippen LogP) is 3.03. The van der Waals surface area contributed by atoms with E-state index < -0.39 is 5.97 Å². The molecule has 1 atom stereocenters. The first-order valence-corrected chi connectivity index (χ1v) is 7.37. The molecule has 1 N–H and O–H groups in total. The van der Waals surface area contributed by atoms with Crippen LogP contribution in [-0.2, 0) is 6.42 Å². The zero-order chi connectivity index (χ0) is 16.6. The molecule has 6 heteroatoms. The van der Waals surface area contributed by atoms with E-state index in [1.807, 2.05) is 20.8 Å². The Labute approximate surface area is 134 Å². The van der Waals surface area contributed by atoms with E-state index in [9.17, 15) is 9.90 Å². The van der Waals surface area contributed by atoms with E-state index in [4.69, 9.17) is 9.47 Å². The fraction of sp³-hybridized carbons (Fsp3) is 0.353. The highest BCUT2D eigenvalue weighted by molar-refractivity contribution is 5.89. The highest BCUT2D eigenvalue weighted by atomic mass is 16.5. The number of rotatable bonds is 4. The standard InChI is InChI=1S/C17H18N2O4/c1-10(13-9-18-4-5-19-13)22-14-6-11(16(20)21)7-15-12(14)8-17(2,3)23-15/h4-7,9-10H,8H2,1-3H3,(H,20,21). The Morgan fingerprint density at radius 3 is 2.83 bits per heavy atom. The lowest BCUT2D eigenvalue weighted by Gasteiger charge is -2.17. The minimum Gasteiger partial charge on any atom is -0.487 e.